The van der Waals surface area contributed by atoms with Crippen LogP contribution in [0.25, 0.3) is 0 Å². The van der Waals surface area contributed by atoms with Crippen LogP contribution in [0, 0.1) is 6.92 Å². The Morgan fingerprint density at radius 2 is 2.00 bits per heavy atom. The summed E-state index contributed by atoms with van der Waals surface area (Å²) in [7, 11) is 0. The lowest BCUT2D eigenvalue weighted by atomic mass is 9.99. The van der Waals surface area contributed by atoms with Crippen LogP contribution in [0.4, 0.5) is 4.79 Å². The summed E-state index contributed by atoms with van der Waals surface area (Å²) in [5.74, 6) is 0.817. The quantitative estimate of drug-likeness (QED) is 0.860. The Kier molecular flexibility index (Phi) is 3.82. The highest BCUT2D eigenvalue weighted by molar-refractivity contribution is 6.06. The SMILES string of the molecule is Cc1ccccc1OCCN1C(=O)N[C@](C)(c2ccco2)C1=O. The molecule has 1 aromatic heterocycles. The summed E-state index contributed by atoms with van der Waals surface area (Å²) >= 11 is 0. The minimum Gasteiger partial charge on any atom is -0.491 e. The number of para-hydroxylation sites is 1. The molecule has 1 fully saturated rings. The third-order valence-electron chi connectivity index (χ3n) is 3.95. The second-order valence-electron chi connectivity index (χ2n) is 5.60. The van der Waals surface area contributed by atoms with Crippen LogP contribution in [0.1, 0.15) is 18.2 Å². The van der Waals surface area contributed by atoms with Crippen LogP contribution >= 0.6 is 0 Å². The molecule has 1 aliphatic heterocycles. The molecule has 1 aliphatic rings. The van der Waals surface area contributed by atoms with Gasteiger partial charge in [0.1, 0.15) is 18.1 Å². The zero-order chi connectivity index (χ0) is 16.4. The van der Waals surface area contributed by atoms with Crippen molar-refractivity contribution >= 4 is 11.9 Å². The van der Waals surface area contributed by atoms with Gasteiger partial charge in [0.25, 0.3) is 5.91 Å². The average Bonchev–Trinajstić information content (AvgIpc) is 3.13. The summed E-state index contributed by atoms with van der Waals surface area (Å²) in [6.45, 7) is 3.98. The van der Waals surface area contributed by atoms with Crippen LogP contribution in [0.5, 0.6) is 5.75 Å². The number of ether oxygens (including phenoxy) is 1. The van der Waals surface area contributed by atoms with E-state index >= 15 is 0 Å². The number of urea groups is 1. The molecule has 6 nitrogen and oxygen atoms in total. The first-order valence-corrected chi connectivity index (χ1v) is 7.39. The van der Waals surface area contributed by atoms with E-state index in [0.29, 0.717) is 5.76 Å². The van der Waals surface area contributed by atoms with Gasteiger partial charge in [0.2, 0.25) is 0 Å². The van der Waals surface area contributed by atoms with Gasteiger partial charge in [-0.15, -0.1) is 0 Å². The van der Waals surface area contributed by atoms with Gasteiger partial charge in [0.15, 0.2) is 5.54 Å². The van der Waals surface area contributed by atoms with Crippen LogP contribution in [-0.2, 0) is 10.3 Å². The first-order chi connectivity index (χ1) is 11.0. The van der Waals surface area contributed by atoms with Gasteiger partial charge in [-0.05, 0) is 37.6 Å². The van der Waals surface area contributed by atoms with Crippen LogP contribution in [0.2, 0.25) is 0 Å². The Morgan fingerprint density at radius 1 is 1.22 bits per heavy atom. The Bertz CT molecular complexity index is 726. The van der Waals surface area contributed by atoms with E-state index in [1.54, 1.807) is 19.1 Å². The van der Waals surface area contributed by atoms with Gasteiger partial charge >= 0.3 is 6.03 Å². The maximum atomic E-state index is 12.6. The third-order valence-corrected chi connectivity index (χ3v) is 3.95. The monoisotopic (exact) mass is 314 g/mol. The zero-order valence-electron chi connectivity index (χ0n) is 13.0. The standard InChI is InChI=1S/C17H18N2O4/c1-12-6-3-4-7-13(12)22-11-9-19-15(20)17(2,18-16(19)21)14-8-5-10-23-14/h3-8,10H,9,11H2,1-2H3,(H,18,21)/t17-/m1/s1. The fourth-order valence-electron chi connectivity index (χ4n) is 2.60. The summed E-state index contributed by atoms with van der Waals surface area (Å²) in [6, 6.07) is 10.5. The topological polar surface area (TPSA) is 71.8 Å². The number of nitrogens with one attached hydrogen (secondary N) is 1. The third kappa shape index (κ3) is 2.67. The van der Waals surface area contributed by atoms with Crippen LogP contribution in [0.15, 0.2) is 47.1 Å². The maximum Gasteiger partial charge on any atom is 0.325 e. The number of amides is 3. The van der Waals surface area contributed by atoms with Crippen molar-refractivity contribution < 1.29 is 18.7 Å². The van der Waals surface area contributed by atoms with Crippen molar-refractivity contribution in [3.63, 3.8) is 0 Å². The van der Waals surface area contributed by atoms with Crippen molar-refractivity contribution in [2.24, 2.45) is 0 Å². The van der Waals surface area contributed by atoms with Gasteiger partial charge in [-0.3, -0.25) is 9.69 Å². The highest BCUT2D eigenvalue weighted by atomic mass is 16.5. The second kappa shape index (κ2) is 5.79. The fourth-order valence-corrected chi connectivity index (χ4v) is 2.60. The molecule has 0 radical (unpaired) electrons. The molecular formula is C17H18N2O4. The predicted octanol–water partition coefficient (Wildman–Crippen LogP) is 2.43. The molecule has 3 amide bonds. The molecule has 0 aliphatic carbocycles. The predicted molar refractivity (Wildman–Crippen MR) is 83.0 cm³/mol. The smallest absolute Gasteiger partial charge is 0.325 e. The number of hydrogen-bond acceptors (Lipinski definition) is 4. The Balaban J connectivity index is 1.66. The van der Waals surface area contributed by atoms with Crippen molar-refractivity contribution in [3.05, 3.63) is 54.0 Å². The number of aryl methyl sites for hydroxylation is 1. The lowest BCUT2D eigenvalue weighted by Crippen LogP contribution is -2.41. The van der Waals surface area contributed by atoms with Crippen molar-refractivity contribution in [3.8, 4) is 5.75 Å². The van der Waals surface area contributed by atoms with Crippen LogP contribution < -0.4 is 10.1 Å². The van der Waals surface area contributed by atoms with E-state index in [-0.39, 0.29) is 19.1 Å². The second-order valence-corrected chi connectivity index (χ2v) is 5.60. The van der Waals surface area contributed by atoms with Crippen molar-refractivity contribution in [1.29, 1.82) is 0 Å². The number of furan rings is 1. The molecule has 120 valence electrons. The van der Waals surface area contributed by atoms with E-state index in [2.05, 4.69) is 5.32 Å². The highest BCUT2D eigenvalue weighted by Gasteiger charge is 2.50. The van der Waals surface area contributed by atoms with E-state index in [0.717, 1.165) is 16.2 Å². The summed E-state index contributed by atoms with van der Waals surface area (Å²) in [4.78, 5) is 25.8. The number of hydrogen-bond donors (Lipinski definition) is 1. The van der Waals surface area contributed by atoms with Crippen LogP contribution in [0.3, 0.4) is 0 Å². The number of benzene rings is 1. The number of imide groups is 1. The maximum absolute atomic E-state index is 12.6. The highest BCUT2D eigenvalue weighted by Crippen LogP contribution is 2.29. The van der Waals surface area contributed by atoms with Gasteiger partial charge in [-0.25, -0.2) is 4.79 Å². The minimum atomic E-state index is -1.16. The summed E-state index contributed by atoms with van der Waals surface area (Å²) in [5.41, 5.74) is -0.159. The molecule has 1 aromatic carbocycles. The Hall–Kier alpha value is -2.76. The largest absolute Gasteiger partial charge is 0.491 e. The van der Waals surface area contributed by atoms with E-state index in [4.69, 9.17) is 9.15 Å². The Labute approximate surface area is 134 Å². The molecule has 1 saturated heterocycles. The first-order valence-electron chi connectivity index (χ1n) is 7.39. The summed E-state index contributed by atoms with van der Waals surface area (Å²) in [6.07, 6.45) is 1.48. The van der Waals surface area contributed by atoms with Gasteiger partial charge in [0.05, 0.1) is 12.8 Å². The van der Waals surface area contributed by atoms with Gasteiger partial charge in [-0.2, -0.15) is 0 Å². The van der Waals surface area contributed by atoms with E-state index in [1.165, 1.54) is 6.26 Å². The van der Waals surface area contributed by atoms with E-state index in [1.807, 2.05) is 31.2 Å². The molecule has 2 heterocycles. The molecule has 3 rings (SSSR count). The molecule has 6 heteroatoms. The normalized spacial score (nSPS) is 20.7. The molecule has 0 unspecified atom stereocenters. The molecule has 0 saturated carbocycles. The lowest BCUT2D eigenvalue weighted by Gasteiger charge is -2.19. The molecule has 1 atom stereocenters. The Morgan fingerprint density at radius 3 is 2.70 bits per heavy atom. The molecule has 0 spiro atoms. The van der Waals surface area contributed by atoms with Crippen molar-refractivity contribution in [2.45, 2.75) is 19.4 Å². The molecule has 23 heavy (non-hydrogen) atoms. The zero-order valence-corrected chi connectivity index (χ0v) is 13.0. The van der Waals surface area contributed by atoms with Gasteiger partial charge in [0, 0.05) is 0 Å². The molecule has 1 N–H and O–H groups in total. The van der Waals surface area contributed by atoms with Gasteiger partial charge < -0.3 is 14.5 Å². The summed E-state index contributed by atoms with van der Waals surface area (Å²) in [5, 5.41) is 2.68. The number of carbonyl (C=O) groups excluding carboxylic acids is 2. The minimum absolute atomic E-state index is 0.176. The van der Waals surface area contributed by atoms with E-state index < -0.39 is 11.6 Å². The van der Waals surface area contributed by atoms with Crippen molar-refractivity contribution in [1.82, 2.24) is 10.2 Å². The number of carbonyl (C=O) groups is 2. The van der Waals surface area contributed by atoms with Gasteiger partial charge in [-0.1, -0.05) is 18.2 Å². The average molecular weight is 314 g/mol. The van der Waals surface area contributed by atoms with E-state index in [9.17, 15) is 9.59 Å². The first kappa shape index (κ1) is 15.1. The molecule has 0 bridgehead atoms. The fraction of sp³-hybridized carbons (Fsp3) is 0.294. The molecule has 2 aromatic rings. The van der Waals surface area contributed by atoms with Crippen molar-refractivity contribution in [2.75, 3.05) is 13.2 Å². The number of rotatable bonds is 5. The number of nitrogens with zero attached hydrogens (tertiary/aromatic N) is 1. The lowest BCUT2D eigenvalue weighted by molar-refractivity contribution is -0.131. The van der Waals surface area contributed by atoms with Crippen LogP contribution in [-0.4, -0.2) is 30.0 Å². The summed E-state index contributed by atoms with van der Waals surface area (Å²) < 4.78 is 10.9. The molecular weight excluding hydrogens is 296 g/mol.